The lowest BCUT2D eigenvalue weighted by Gasteiger charge is -2.48. The summed E-state index contributed by atoms with van der Waals surface area (Å²) in [5.41, 5.74) is 0.960. The van der Waals surface area contributed by atoms with Gasteiger partial charge in [-0.3, -0.25) is 4.79 Å². The van der Waals surface area contributed by atoms with Crippen LogP contribution in [0.3, 0.4) is 0 Å². The first-order valence-corrected chi connectivity index (χ1v) is 9.53. The van der Waals surface area contributed by atoms with Crippen LogP contribution in [0.15, 0.2) is 22.6 Å². The Bertz CT molecular complexity index is 883. The van der Waals surface area contributed by atoms with Gasteiger partial charge in [-0.1, -0.05) is 0 Å². The Morgan fingerprint density at radius 3 is 2.79 bits per heavy atom. The molecule has 1 N–H and O–H groups in total. The maximum absolute atomic E-state index is 13.5. The van der Waals surface area contributed by atoms with Crippen molar-refractivity contribution in [2.24, 2.45) is 17.8 Å². The van der Waals surface area contributed by atoms with Crippen LogP contribution in [0, 0.1) is 29.4 Å². The number of hydrogen-bond donors (Lipinski definition) is 1. The number of rotatable bonds is 2. The molecule has 1 aromatic heterocycles. The van der Waals surface area contributed by atoms with Crippen molar-refractivity contribution in [3.05, 3.63) is 41.3 Å². The van der Waals surface area contributed by atoms with Crippen molar-refractivity contribution in [1.29, 1.82) is 0 Å². The topological polar surface area (TPSA) is 58.4 Å². The number of halogens is 3. The van der Waals surface area contributed by atoms with E-state index in [1.165, 1.54) is 12.1 Å². The lowest BCUT2D eigenvalue weighted by molar-refractivity contribution is -0.146. The maximum atomic E-state index is 13.5. The lowest BCUT2D eigenvalue weighted by atomic mass is 9.61. The van der Waals surface area contributed by atoms with E-state index in [1.54, 1.807) is 0 Å². The number of fused-ring (bicyclic) bond motifs is 2. The fourth-order valence-electron chi connectivity index (χ4n) is 4.71. The third-order valence-electron chi connectivity index (χ3n) is 6.22. The van der Waals surface area contributed by atoms with Gasteiger partial charge in [0.15, 0.2) is 0 Å². The van der Waals surface area contributed by atoms with Crippen LogP contribution in [0.1, 0.15) is 24.3 Å². The van der Waals surface area contributed by atoms with Crippen molar-refractivity contribution in [3.63, 3.8) is 0 Å². The van der Waals surface area contributed by atoms with Crippen molar-refractivity contribution in [2.75, 3.05) is 19.6 Å². The summed E-state index contributed by atoms with van der Waals surface area (Å²) in [6.07, 6.45) is 2.72. The molecule has 5 nitrogen and oxygen atoms in total. The van der Waals surface area contributed by atoms with Crippen LogP contribution in [0.2, 0.25) is 0 Å². The van der Waals surface area contributed by atoms with Gasteiger partial charge in [-0.2, -0.15) is 0 Å². The van der Waals surface area contributed by atoms with Crippen LogP contribution in [0.4, 0.5) is 8.78 Å². The highest BCUT2D eigenvalue weighted by Gasteiger charge is 2.47. The predicted octanol–water partition coefficient (Wildman–Crippen LogP) is 3.17. The second-order valence-electron chi connectivity index (χ2n) is 7.82. The number of nitrogens with one attached hydrogen (secondary N) is 1. The van der Waals surface area contributed by atoms with E-state index in [2.05, 4.69) is 10.3 Å². The number of piperidine rings is 1. The molecule has 2 aromatic rings. The first-order valence-electron chi connectivity index (χ1n) is 9.53. The minimum absolute atomic E-state index is 0. The van der Waals surface area contributed by atoms with Gasteiger partial charge in [0.05, 0.1) is 6.54 Å². The molecule has 0 unspecified atom stereocenters. The Kier molecular flexibility index (Phi) is 5.14. The minimum Gasteiger partial charge on any atom is -0.441 e. The van der Waals surface area contributed by atoms with E-state index >= 15 is 0 Å². The molecule has 3 aliphatic rings. The summed E-state index contributed by atoms with van der Waals surface area (Å²) >= 11 is 0. The number of carbonyl (C=O) groups excluding carboxylic acids is 1. The molecule has 0 spiro atoms. The SMILES string of the molecule is Cl.O=C([C@@H]1C[C@H]2CCNC[C@H]21)N1CCc2oc(-c3cc(F)cc(F)c3)nc2C1. The first kappa shape index (κ1) is 19.3. The molecule has 1 saturated carbocycles. The van der Waals surface area contributed by atoms with Crippen LogP contribution in [-0.2, 0) is 17.8 Å². The summed E-state index contributed by atoms with van der Waals surface area (Å²) in [6, 6.07) is 3.22. The highest BCUT2D eigenvalue weighted by molar-refractivity contribution is 5.85. The third-order valence-corrected chi connectivity index (χ3v) is 6.22. The molecule has 150 valence electrons. The Morgan fingerprint density at radius 1 is 1.25 bits per heavy atom. The molecular weight excluding hydrogens is 388 g/mol. The number of nitrogens with zero attached hydrogens (tertiary/aromatic N) is 2. The highest BCUT2D eigenvalue weighted by Crippen LogP contribution is 2.45. The van der Waals surface area contributed by atoms with E-state index < -0.39 is 11.6 Å². The van der Waals surface area contributed by atoms with Gasteiger partial charge in [0.25, 0.3) is 0 Å². The summed E-state index contributed by atoms with van der Waals surface area (Å²) in [5, 5.41) is 3.39. The van der Waals surface area contributed by atoms with Crippen LogP contribution in [-0.4, -0.2) is 35.4 Å². The molecule has 0 radical (unpaired) electrons. The number of oxazole rings is 1. The fourth-order valence-corrected chi connectivity index (χ4v) is 4.71. The van der Waals surface area contributed by atoms with E-state index in [0.717, 1.165) is 32.0 Å². The molecule has 2 fully saturated rings. The Labute approximate surface area is 167 Å². The van der Waals surface area contributed by atoms with Crippen molar-refractivity contribution in [1.82, 2.24) is 15.2 Å². The molecule has 1 aromatic carbocycles. The normalized spacial score (nSPS) is 25.9. The summed E-state index contributed by atoms with van der Waals surface area (Å²) in [4.78, 5) is 19.2. The zero-order valence-electron chi connectivity index (χ0n) is 15.3. The van der Waals surface area contributed by atoms with Gasteiger partial charge in [0, 0.05) is 30.5 Å². The average Bonchev–Trinajstić information content (AvgIpc) is 3.05. The maximum Gasteiger partial charge on any atom is 0.226 e. The zero-order valence-corrected chi connectivity index (χ0v) is 16.1. The second kappa shape index (κ2) is 7.44. The van der Waals surface area contributed by atoms with Crippen LogP contribution in [0.25, 0.3) is 11.5 Å². The Morgan fingerprint density at radius 2 is 2.04 bits per heavy atom. The number of carbonyl (C=O) groups is 1. The standard InChI is InChI=1S/C20H21F2N3O2.ClH/c21-13-5-12(6-14(22)8-13)19-24-17-10-25(4-2-18(17)27-19)20(26)15-7-11-1-3-23-9-16(11)15;/h5-6,8,11,15-16,23H,1-4,7,9-10H2;1H/t11-,15-,16-;/m1./s1. The van der Waals surface area contributed by atoms with Crippen LogP contribution in [0.5, 0.6) is 0 Å². The van der Waals surface area contributed by atoms with Gasteiger partial charge in [0.1, 0.15) is 23.1 Å². The molecule has 3 heterocycles. The van der Waals surface area contributed by atoms with Crippen molar-refractivity contribution < 1.29 is 18.0 Å². The van der Waals surface area contributed by atoms with Crippen molar-refractivity contribution >= 4 is 18.3 Å². The quantitative estimate of drug-likeness (QED) is 0.827. The van der Waals surface area contributed by atoms with Crippen molar-refractivity contribution in [3.8, 4) is 11.5 Å². The third kappa shape index (κ3) is 3.31. The van der Waals surface area contributed by atoms with Gasteiger partial charge in [-0.25, -0.2) is 13.8 Å². The number of benzene rings is 1. The summed E-state index contributed by atoms with van der Waals surface area (Å²) in [6.45, 7) is 2.98. The minimum atomic E-state index is -0.668. The predicted molar refractivity (Wildman–Crippen MR) is 101 cm³/mol. The monoisotopic (exact) mass is 409 g/mol. The Balaban J connectivity index is 0.00000192. The van der Waals surface area contributed by atoms with Gasteiger partial charge in [0.2, 0.25) is 11.8 Å². The van der Waals surface area contributed by atoms with E-state index in [4.69, 9.17) is 4.42 Å². The average molecular weight is 410 g/mol. The van der Waals surface area contributed by atoms with Gasteiger partial charge >= 0.3 is 0 Å². The van der Waals surface area contributed by atoms with Crippen LogP contribution < -0.4 is 5.32 Å². The molecule has 1 saturated heterocycles. The fraction of sp³-hybridized carbons (Fsp3) is 0.500. The Hall–Kier alpha value is -1.99. The second-order valence-corrected chi connectivity index (χ2v) is 7.82. The number of hydrogen-bond acceptors (Lipinski definition) is 4. The molecule has 28 heavy (non-hydrogen) atoms. The molecule has 3 atom stereocenters. The summed E-state index contributed by atoms with van der Waals surface area (Å²) in [5.74, 6) is 1.01. The largest absolute Gasteiger partial charge is 0.441 e. The molecule has 0 bridgehead atoms. The van der Waals surface area contributed by atoms with E-state index in [9.17, 15) is 13.6 Å². The number of amides is 1. The smallest absolute Gasteiger partial charge is 0.226 e. The van der Waals surface area contributed by atoms with Gasteiger partial charge < -0.3 is 14.6 Å². The van der Waals surface area contributed by atoms with Crippen molar-refractivity contribution in [2.45, 2.75) is 25.8 Å². The molecule has 1 amide bonds. The van der Waals surface area contributed by atoms with Crippen LogP contribution >= 0.6 is 12.4 Å². The van der Waals surface area contributed by atoms with Gasteiger partial charge in [-0.05, 0) is 49.9 Å². The zero-order chi connectivity index (χ0) is 18.5. The summed E-state index contributed by atoms with van der Waals surface area (Å²) < 4.78 is 32.7. The first-order chi connectivity index (χ1) is 13.1. The van der Waals surface area contributed by atoms with E-state index in [0.29, 0.717) is 42.8 Å². The molecule has 1 aliphatic carbocycles. The lowest BCUT2D eigenvalue weighted by Crippen LogP contribution is -2.55. The number of aromatic nitrogens is 1. The van der Waals surface area contributed by atoms with E-state index in [-0.39, 0.29) is 35.7 Å². The molecule has 5 rings (SSSR count). The highest BCUT2D eigenvalue weighted by atomic mass is 35.5. The van der Waals surface area contributed by atoms with E-state index in [1.807, 2.05) is 4.90 Å². The summed E-state index contributed by atoms with van der Waals surface area (Å²) in [7, 11) is 0. The van der Waals surface area contributed by atoms with Gasteiger partial charge in [-0.15, -0.1) is 12.4 Å². The molecular formula is C20H22ClF2N3O2. The molecule has 2 aliphatic heterocycles. The molecule has 8 heteroatoms.